The lowest BCUT2D eigenvalue weighted by Gasteiger charge is -2.23. The van der Waals surface area contributed by atoms with Crippen LogP contribution < -0.4 is 21.3 Å². The van der Waals surface area contributed by atoms with Crippen LogP contribution in [0.5, 0.6) is 0 Å². The second kappa shape index (κ2) is 15.2. The first kappa shape index (κ1) is 30.1. The van der Waals surface area contributed by atoms with E-state index in [1.54, 1.807) is 27.7 Å². The van der Waals surface area contributed by atoms with E-state index in [0.29, 0.717) is 6.42 Å². The summed E-state index contributed by atoms with van der Waals surface area (Å²) in [4.78, 5) is 48.7. The lowest BCUT2D eigenvalue weighted by molar-refractivity contribution is -0.123. The zero-order chi connectivity index (χ0) is 28.0. The van der Waals surface area contributed by atoms with Crippen LogP contribution in [0.15, 0.2) is 60.7 Å². The summed E-state index contributed by atoms with van der Waals surface area (Å²) < 4.78 is 10.3. The Kier molecular flexibility index (Phi) is 12.1. The van der Waals surface area contributed by atoms with Gasteiger partial charge in [0.25, 0.3) is 0 Å². The third kappa shape index (κ3) is 12.8. The Bertz CT molecular complexity index is 1040. The Labute approximate surface area is 223 Å². The first-order valence-corrected chi connectivity index (χ1v) is 12.5. The van der Waals surface area contributed by atoms with E-state index in [9.17, 15) is 19.2 Å². The number of rotatable bonds is 12. The third-order valence-electron chi connectivity index (χ3n) is 5.25. The molecule has 206 valence electrons. The summed E-state index contributed by atoms with van der Waals surface area (Å²) >= 11 is 0. The Hall–Kier alpha value is -4.08. The molecule has 0 heterocycles. The molecule has 4 amide bonds. The number of hydrogen-bond acceptors (Lipinski definition) is 6. The maximum absolute atomic E-state index is 12.6. The summed E-state index contributed by atoms with van der Waals surface area (Å²) in [5, 5.41) is 10.6. The molecule has 0 fully saturated rings. The van der Waals surface area contributed by atoms with E-state index in [0.717, 1.165) is 11.1 Å². The van der Waals surface area contributed by atoms with Crippen molar-refractivity contribution < 1.29 is 28.7 Å². The van der Waals surface area contributed by atoms with Crippen LogP contribution in [-0.4, -0.2) is 55.3 Å². The predicted octanol–water partition coefficient (Wildman–Crippen LogP) is 2.92. The third-order valence-corrected chi connectivity index (χ3v) is 5.25. The summed E-state index contributed by atoms with van der Waals surface area (Å²) in [6, 6.07) is 18.1. The number of alkyl carbamates (subject to hydrolysis) is 2. The van der Waals surface area contributed by atoms with Crippen LogP contribution >= 0.6 is 0 Å². The summed E-state index contributed by atoms with van der Waals surface area (Å²) in [5.41, 5.74) is 1.21. The lowest BCUT2D eigenvalue weighted by Crippen LogP contribution is -2.48. The molecule has 0 saturated carbocycles. The molecule has 0 aliphatic carbocycles. The van der Waals surface area contributed by atoms with E-state index in [1.165, 1.54) is 0 Å². The average molecular weight is 527 g/mol. The Morgan fingerprint density at radius 3 is 1.97 bits per heavy atom. The van der Waals surface area contributed by atoms with Crippen molar-refractivity contribution in [1.29, 1.82) is 0 Å². The van der Waals surface area contributed by atoms with Crippen LogP contribution in [0.4, 0.5) is 9.59 Å². The number of carbonyl (C=O) groups excluding carboxylic acids is 4. The number of amides is 4. The first-order chi connectivity index (χ1) is 18.0. The van der Waals surface area contributed by atoms with Crippen molar-refractivity contribution in [3.05, 3.63) is 71.8 Å². The standard InChI is InChI=1S/C28H38N4O6/c1-20(32-27(36)38-28(2,3)4)25(34)30-17-23(15-21-11-7-5-8-12-21)16-29-24(33)18-31-26(35)37-19-22-13-9-6-10-14-22/h5-14,20,23H,15-19H2,1-4H3,(H,29,33)(H,30,34)(H,31,35)(H,32,36)/t20-,23-/m1/s1. The zero-order valence-corrected chi connectivity index (χ0v) is 22.4. The van der Waals surface area contributed by atoms with Crippen molar-refractivity contribution in [1.82, 2.24) is 21.3 Å². The summed E-state index contributed by atoms with van der Waals surface area (Å²) in [6.45, 7) is 7.18. The van der Waals surface area contributed by atoms with Gasteiger partial charge in [0.15, 0.2) is 0 Å². The van der Waals surface area contributed by atoms with Gasteiger partial charge in [0.2, 0.25) is 11.8 Å². The average Bonchev–Trinajstić information content (AvgIpc) is 2.87. The molecule has 0 unspecified atom stereocenters. The number of carbonyl (C=O) groups is 4. The molecule has 0 saturated heterocycles. The van der Waals surface area contributed by atoms with E-state index in [2.05, 4.69) is 21.3 Å². The van der Waals surface area contributed by atoms with Gasteiger partial charge in [-0.15, -0.1) is 0 Å². The van der Waals surface area contributed by atoms with E-state index >= 15 is 0 Å². The molecule has 38 heavy (non-hydrogen) atoms. The van der Waals surface area contributed by atoms with Crippen LogP contribution in [0.25, 0.3) is 0 Å². The lowest BCUT2D eigenvalue weighted by atomic mass is 9.99. The maximum atomic E-state index is 12.6. The van der Waals surface area contributed by atoms with Gasteiger partial charge in [0.05, 0.1) is 6.54 Å². The van der Waals surface area contributed by atoms with E-state index < -0.39 is 23.8 Å². The molecule has 0 radical (unpaired) electrons. The number of ether oxygens (including phenoxy) is 2. The van der Waals surface area contributed by atoms with Gasteiger partial charge in [-0.25, -0.2) is 9.59 Å². The van der Waals surface area contributed by atoms with Gasteiger partial charge in [-0.05, 0) is 51.2 Å². The fourth-order valence-corrected chi connectivity index (χ4v) is 3.36. The van der Waals surface area contributed by atoms with Gasteiger partial charge in [-0.3, -0.25) is 9.59 Å². The SMILES string of the molecule is C[C@@H](NC(=O)OC(C)(C)C)C(=O)NC[C@@H](CNC(=O)CNC(=O)OCc1ccccc1)Cc1ccccc1. The van der Waals surface area contributed by atoms with Crippen LogP contribution in [0.2, 0.25) is 0 Å². The van der Waals surface area contributed by atoms with Gasteiger partial charge >= 0.3 is 12.2 Å². The first-order valence-electron chi connectivity index (χ1n) is 12.5. The monoisotopic (exact) mass is 526 g/mol. The highest BCUT2D eigenvalue weighted by atomic mass is 16.6. The van der Waals surface area contributed by atoms with E-state index in [1.807, 2.05) is 60.7 Å². The molecule has 2 rings (SSSR count). The second-order valence-corrected chi connectivity index (χ2v) is 9.89. The largest absolute Gasteiger partial charge is 0.445 e. The highest BCUT2D eigenvalue weighted by Crippen LogP contribution is 2.09. The Balaban J connectivity index is 1.81. The molecule has 0 spiro atoms. The maximum Gasteiger partial charge on any atom is 0.408 e. The quantitative estimate of drug-likeness (QED) is 0.336. The van der Waals surface area contributed by atoms with Gasteiger partial charge in [0, 0.05) is 13.1 Å². The Morgan fingerprint density at radius 2 is 1.37 bits per heavy atom. The van der Waals surface area contributed by atoms with Gasteiger partial charge in [0.1, 0.15) is 18.2 Å². The molecule has 0 bridgehead atoms. The van der Waals surface area contributed by atoms with Crippen LogP contribution in [0.1, 0.15) is 38.8 Å². The predicted molar refractivity (Wildman–Crippen MR) is 143 cm³/mol. The summed E-state index contributed by atoms with van der Waals surface area (Å²) in [5.74, 6) is -0.891. The highest BCUT2D eigenvalue weighted by Gasteiger charge is 2.22. The number of hydrogen-bond donors (Lipinski definition) is 4. The van der Waals surface area contributed by atoms with Crippen LogP contribution in [0, 0.1) is 5.92 Å². The van der Waals surface area contributed by atoms with Crippen molar-refractivity contribution in [2.45, 2.75) is 52.4 Å². The van der Waals surface area contributed by atoms with Crippen LogP contribution in [-0.2, 0) is 32.1 Å². The molecule has 2 aromatic rings. The van der Waals surface area contributed by atoms with Crippen molar-refractivity contribution in [2.75, 3.05) is 19.6 Å². The molecular formula is C28H38N4O6. The molecule has 4 N–H and O–H groups in total. The molecule has 10 heteroatoms. The molecule has 2 aromatic carbocycles. The van der Waals surface area contributed by atoms with Gasteiger partial charge < -0.3 is 30.7 Å². The van der Waals surface area contributed by atoms with Crippen molar-refractivity contribution in [3.63, 3.8) is 0 Å². The second-order valence-electron chi connectivity index (χ2n) is 9.89. The highest BCUT2D eigenvalue weighted by molar-refractivity contribution is 5.85. The van der Waals surface area contributed by atoms with E-state index in [-0.39, 0.29) is 44.0 Å². The van der Waals surface area contributed by atoms with Crippen molar-refractivity contribution >= 4 is 24.0 Å². The molecule has 2 atom stereocenters. The molecule has 0 aliphatic rings. The van der Waals surface area contributed by atoms with Crippen molar-refractivity contribution in [2.24, 2.45) is 5.92 Å². The summed E-state index contributed by atoms with van der Waals surface area (Å²) in [7, 11) is 0. The Morgan fingerprint density at radius 1 is 0.789 bits per heavy atom. The van der Waals surface area contributed by atoms with Crippen LogP contribution in [0.3, 0.4) is 0 Å². The van der Waals surface area contributed by atoms with E-state index in [4.69, 9.17) is 9.47 Å². The molecular weight excluding hydrogens is 488 g/mol. The summed E-state index contributed by atoms with van der Waals surface area (Å²) in [6.07, 6.45) is -0.770. The smallest absolute Gasteiger partial charge is 0.408 e. The fraction of sp³-hybridized carbons (Fsp3) is 0.429. The molecule has 0 aromatic heterocycles. The minimum absolute atomic E-state index is 0.106. The molecule has 0 aliphatic heterocycles. The minimum atomic E-state index is -0.803. The zero-order valence-electron chi connectivity index (χ0n) is 22.4. The van der Waals surface area contributed by atoms with Gasteiger partial charge in [-0.1, -0.05) is 60.7 Å². The number of benzene rings is 2. The molecule has 10 nitrogen and oxygen atoms in total. The topological polar surface area (TPSA) is 135 Å². The van der Waals surface area contributed by atoms with Gasteiger partial charge in [-0.2, -0.15) is 0 Å². The fourth-order valence-electron chi connectivity index (χ4n) is 3.36. The normalized spacial score (nSPS) is 12.4. The minimum Gasteiger partial charge on any atom is -0.445 e. The number of nitrogens with one attached hydrogen (secondary N) is 4. The van der Waals surface area contributed by atoms with Crippen molar-refractivity contribution in [3.8, 4) is 0 Å².